The third-order valence-electron chi connectivity index (χ3n) is 4.82. The molecule has 2 amide bonds. The van der Waals surface area contributed by atoms with Crippen LogP contribution in [0.25, 0.3) is 0 Å². The van der Waals surface area contributed by atoms with E-state index in [9.17, 15) is 35.9 Å². The molecule has 3 rings (SSSR count). The highest BCUT2D eigenvalue weighted by Crippen LogP contribution is 2.36. The molecule has 1 N–H and O–H groups in total. The molecule has 0 unspecified atom stereocenters. The van der Waals surface area contributed by atoms with Crippen molar-refractivity contribution in [1.82, 2.24) is 15.2 Å². The first-order valence-electron chi connectivity index (χ1n) is 9.16. The highest BCUT2D eigenvalue weighted by Gasteiger charge is 2.38. The monoisotopic (exact) mass is 445 g/mol. The Morgan fingerprint density at radius 2 is 1.58 bits per heavy atom. The van der Waals surface area contributed by atoms with Crippen molar-refractivity contribution in [1.29, 1.82) is 0 Å². The lowest BCUT2D eigenvalue weighted by Gasteiger charge is -2.19. The molecule has 31 heavy (non-hydrogen) atoms. The molecular weight excluding hydrogens is 428 g/mol. The van der Waals surface area contributed by atoms with Gasteiger partial charge in [0.05, 0.1) is 17.0 Å². The predicted octanol–water partition coefficient (Wildman–Crippen LogP) is 3.78. The number of likely N-dealkylation sites (tertiary alicyclic amines) is 1. The van der Waals surface area contributed by atoms with E-state index in [1.165, 1.54) is 0 Å². The summed E-state index contributed by atoms with van der Waals surface area (Å²) in [6, 6.07) is 4.58. The maximum absolute atomic E-state index is 13.0. The van der Waals surface area contributed by atoms with Crippen LogP contribution >= 0.6 is 0 Å². The molecule has 0 radical (unpaired) electrons. The minimum absolute atomic E-state index is 0.0324. The molecule has 1 fully saturated rings. The summed E-state index contributed by atoms with van der Waals surface area (Å²) in [7, 11) is 0. The highest BCUT2D eigenvalue weighted by atomic mass is 19.4. The molecule has 1 aliphatic heterocycles. The molecular formula is C20H17F6N3O2. The number of carbonyl (C=O) groups excluding carboxylic acids is 2. The molecule has 2 aromatic rings. The van der Waals surface area contributed by atoms with Crippen molar-refractivity contribution in [2.75, 3.05) is 6.54 Å². The van der Waals surface area contributed by atoms with Crippen molar-refractivity contribution in [3.05, 3.63) is 65.0 Å². The van der Waals surface area contributed by atoms with Crippen LogP contribution in [-0.2, 0) is 35.0 Å². The van der Waals surface area contributed by atoms with E-state index in [0.717, 1.165) is 10.5 Å². The fourth-order valence-electron chi connectivity index (χ4n) is 3.27. The number of aromatic nitrogens is 1. The second-order valence-electron chi connectivity index (χ2n) is 7.16. The number of hydrogen-bond donors (Lipinski definition) is 1. The van der Waals surface area contributed by atoms with Gasteiger partial charge in [0, 0.05) is 38.4 Å². The zero-order valence-corrected chi connectivity index (χ0v) is 15.9. The van der Waals surface area contributed by atoms with E-state index in [2.05, 4.69) is 10.3 Å². The van der Waals surface area contributed by atoms with Gasteiger partial charge in [-0.25, -0.2) is 0 Å². The fraction of sp³-hybridized carbons (Fsp3) is 0.350. The van der Waals surface area contributed by atoms with E-state index in [1.54, 1.807) is 24.5 Å². The van der Waals surface area contributed by atoms with E-state index < -0.39 is 47.8 Å². The Kier molecular flexibility index (Phi) is 6.23. The van der Waals surface area contributed by atoms with Crippen LogP contribution in [0.4, 0.5) is 26.3 Å². The Hall–Kier alpha value is -3.11. The smallest absolute Gasteiger partial charge is 0.352 e. The average molecular weight is 445 g/mol. The summed E-state index contributed by atoms with van der Waals surface area (Å²) in [5.74, 6) is -1.69. The molecule has 166 valence electrons. The number of benzene rings is 1. The van der Waals surface area contributed by atoms with E-state index in [-0.39, 0.29) is 31.1 Å². The third-order valence-corrected chi connectivity index (χ3v) is 4.82. The maximum atomic E-state index is 13.0. The van der Waals surface area contributed by atoms with Crippen molar-refractivity contribution < 1.29 is 35.9 Å². The van der Waals surface area contributed by atoms with Gasteiger partial charge < -0.3 is 10.2 Å². The molecule has 2 heterocycles. The molecule has 0 bridgehead atoms. The van der Waals surface area contributed by atoms with Crippen LogP contribution in [0.15, 0.2) is 42.7 Å². The molecule has 1 atom stereocenters. The number of alkyl halides is 6. The molecule has 1 aromatic carbocycles. The first-order valence-corrected chi connectivity index (χ1v) is 9.16. The first-order chi connectivity index (χ1) is 14.4. The number of rotatable bonds is 5. The lowest BCUT2D eigenvalue weighted by molar-refractivity contribution is -0.143. The minimum Gasteiger partial charge on any atom is -0.352 e. The van der Waals surface area contributed by atoms with Crippen molar-refractivity contribution >= 4 is 11.8 Å². The normalized spacial score (nSPS) is 17.2. The average Bonchev–Trinajstić information content (AvgIpc) is 3.06. The van der Waals surface area contributed by atoms with Gasteiger partial charge in [-0.05, 0) is 41.5 Å². The molecule has 1 aliphatic rings. The number of nitrogens with one attached hydrogen (secondary N) is 1. The van der Waals surface area contributed by atoms with Crippen molar-refractivity contribution in [3.63, 3.8) is 0 Å². The van der Waals surface area contributed by atoms with Crippen LogP contribution in [0.2, 0.25) is 0 Å². The zero-order valence-electron chi connectivity index (χ0n) is 15.9. The summed E-state index contributed by atoms with van der Waals surface area (Å²) in [5.41, 5.74) is -2.42. The lowest BCUT2D eigenvalue weighted by Crippen LogP contribution is -2.32. The van der Waals surface area contributed by atoms with Gasteiger partial charge in [-0.2, -0.15) is 26.3 Å². The number of amides is 2. The Labute approximate surface area is 173 Å². The van der Waals surface area contributed by atoms with Crippen LogP contribution in [0.3, 0.4) is 0 Å². The molecule has 1 saturated heterocycles. The first kappa shape index (κ1) is 22.6. The van der Waals surface area contributed by atoms with Crippen molar-refractivity contribution in [3.8, 4) is 0 Å². The fourth-order valence-corrected chi connectivity index (χ4v) is 3.27. The second-order valence-corrected chi connectivity index (χ2v) is 7.16. The Morgan fingerprint density at radius 1 is 1.00 bits per heavy atom. The molecule has 0 saturated carbocycles. The second kappa shape index (κ2) is 8.56. The zero-order chi connectivity index (χ0) is 22.8. The Morgan fingerprint density at radius 3 is 2.13 bits per heavy atom. The van der Waals surface area contributed by atoms with Gasteiger partial charge in [0.25, 0.3) is 0 Å². The van der Waals surface area contributed by atoms with Gasteiger partial charge >= 0.3 is 12.4 Å². The number of halogens is 6. The number of hydrogen-bond acceptors (Lipinski definition) is 3. The van der Waals surface area contributed by atoms with Gasteiger partial charge in [0.1, 0.15) is 0 Å². The van der Waals surface area contributed by atoms with Crippen LogP contribution in [0.5, 0.6) is 0 Å². The Balaban J connectivity index is 1.70. The van der Waals surface area contributed by atoms with Crippen LogP contribution in [0.1, 0.15) is 28.7 Å². The number of nitrogens with zero attached hydrogens (tertiary/aromatic N) is 2. The molecule has 0 aliphatic carbocycles. The summed E-state index contributed by atoms with van der Waals surface area (Å²) in [6.45, 7) is -0.354. The van der Waals surface area contributed by atoms with Crippen LogP contribution < -0.4 is 5.32 Å². The molecule has 5 nitrogen and oxygen atoms in total. The van der Waals surface area contributed by atoms with E-state index in [0.29, 0.717) is 12.1 Å². The maximum Gasteiger partial charge on any atom is 0.416 e. The van der Waals surface area contributed by atoms with Gasteiger partial charge in [-0.15, -0.1) is 0 Å². The third kappa shape index (κ3) is 5.74. The van der Waals surface area contributed by atoms with Crippen LogP contribution in [0, 0.1) is 5.92 Å². The standard InChI is InChI=1S/C20H17F6N3O2/c21-19(22,23)15-5-13(6-16(8-15)20(24,25)26)10-29-11-14(7-17(29)30)18(31)28-9-12-1-3-27-4-2-12/h1-6,8,14H,7,9-11H2,(H,28,31)/t14-/m0/s1. The van der Waals surface area contributed by atoms with Gasteiger partial charge in [0.2, 0.25) is 11.8 Å². The van der Waals surface area contributed by atoms with Gasteiger partial charge in [-0.1, -0.05) is 0 Å². The topological polar surface area (TPSA) is 62.3 Å². The van der Waals surface area contributed by atoms with Gasteiger partial charge in [-0.3, -0.25) is 14.6 Å². The lowest BCUT2D eigenvalue weighted by atomic mass is 10.0. The highest BCUT2D eigenvalue weighted by molar-refractivity contribution is 5.89. The molecule has 11 heteroatoms. The van der Waals surface area contributed by atoms with Crippen molar-refractivity contribution in [2.24, 2.45) is 5.92 Å². The summed E-state index contributed by atoms with van der Waals surface area (Å²) < 4.78 is 78.1. The van der Waals surface area contributed by atoms with Crippen LogP contribution in [-0.4, -0.2) is 28.2 Å². The summed E-state index contributed by atoms with van der Waals surface area (Å²) in [6.07, 6.45) is -7.02. The predicted molar refractivity (Wildman–Crippen MR) is 96.1 cm³/mol. The van der Waals surface area contributed by atoms with E-state index in [4.69, 9.17) is 0 Å². The number of carbonyl (C=O) groups is 2. The van der Waals surface area contributed by atoms with E-state index >= 15 is 0 Å². The quantitative estimate of drug-likeness (QED) is 0.713. The largest absolute Gasteiger partial charge is 0.416 e. The number of pyridine rings is 1. The van der Waals surface area contributed by atoms with Gasteiger partial charge in [0.15, 0.2) is 0 Å². The van der Waals surface area contributed by atoms with E-state index in [1.807, 2.05) is 0 Å². The Bertz CT molecular complexity index is 927. The summed E-state index contributed by atoms with van der Waals surface area (Å²) in [5, 5.41) is 2.66. The summed E-state index contributed by atoms with van der Waals surface area (Å²) in [4.78, 5) is 29.5. The van der Waals surface area contributed by atoms with Crippen molar-refractivity contribution in [2.45, 2.75) is 31.9 Å². The SMILES string of the molecule is O=C(NCc1ccncc1)[C@H]1CC(=O)N(Cc2cc(C(F)(F)F)cc(C(F)(F)F)c2)C1. The minimum atomic E-state index is -4.97. The molecule has 1 aromatic heterocycles. The molecule has 0 spiro atoms. The summed E-state index contributed by atoms with van der Waals surface area (Å²) >= 11 is 0.